The van der Waals surface area contributed by atoms with E-state index in [0.717, 1.165) is 11.4 Å². The Morgan fingerprint density at radius 1 is 0.529 bits per heavy atom. The number of nitro benzene ring substituents is 2. The molecule has 360 valence electrons. The van der Waals surface area contributed by atoms with Crippen LogP contribution < -0.4 is 19.3 Å². The lowest BCUT2D eigenvalue weighted by molar-refractivity contribution is -0.385. The van der Waals surface area contributed by atoms with Crippen molar-refractivity contribution in [2.45, 2.75) is 63.1 Å². The molecule has 0 saturated carbocycles. The van der Waals surface area contributed by atoms with Gasteiger partial charge in [-0.25, -0.2) is 0 Å². The number of likely N-dealkylation sites (N-methyl/N-ethyl adjacent to an activating group) is 2. The molecule has 0 radical (unpaired) electrons. The predicted octanol–water partition coefficient (Wildman–Crippen LogP) is 7.95. The third-order valence-corrected chi connectivity index (χ3v) is 14.7. The summed E-state index contributed by atoms with van der Waals surface area (Å²) in [7, 11) is 4.06. The largest absolute Gasteiger partial charge is 0.462 e. The Morgan fingerprint density at radius 2 is 0.882 bits per heavy atom. The average molecular weight is 931 g/mol. The van der Waals surface area contributed by atoms with Gasteiger partial charge in [-0.2, -0.15) is 0 Å². The molecular weight excluding hydrogens is 869 g/mol. The van der Waals surface area contributed by atoms with Gasteiger partial charge in [-0.15, -0.1) is 0 Å². The summed E-state index contributed by atoms with van der Waals surface area (Å²) in [6, 6.07) is 23.0. The van der Waals surface area contributed by atoms with Crippen LogP contribution in [-0.2, 0) is 42.9 Å². The summed E-state index contributed by atoms with van der Waals surface area (Å²) in [5.74, 6) is 1.25. The molecule has 0 aromatic heterocycles. The molecule has 16 heteroatoms. The van der Waals surface area contributed by atoms with Crippen molar-refractivity contribution in [1.29, 1.82) is 0 Å². The molecule has 68 heavy (non-hydrogen) atoms. The minimum Gasteiger partial charge on any atom is -0.462 e. The smallest absolute Gasteiger partial charge is 0.270 e. The van der Waals surface area contributed by atoms with E-state index in [1.54, 1.807) is 24.3 Å². The summed E-state index contributed by atoms with van der Waals surface area (Å²) in [5.41, 5.74) is 4.68. The number of nitrogens with zero attached hydrogens (tertiary/aromatic N) is 6. The first kappa shape index (κ1) is 47.2. The molecule has 0 amide bonds. The lowest BCUT2D eigenvalue weighted by Gasteiger charge is -2.46. The summed E-state index contributed by atoms with van der Waals surface area (Å²) >= 11 is 0. The van der Waals surface area contributed by atoms with Crippen LogP contribution in [-0.4, -0.2) is 124 Å². The van der Waals surface area contributed by atoms with Gasteiger partial charge in [0.1, 0.15) is 11.5 Å². The number of nitro groups is 2. The lowest BCUT2D eigenvalue weighted by Crippen LogP contribution is -2.58. The highest BCUT2D eigenvalue weighted by Crippen LogP contribution is 2.56. The maximum Gasteiger partial charge on any atom is 0.270 e. The highest BCUT2D eigenvalue weighted by Gasteiger charge is 2.59. The third-order valence-electron chi connectivity index (χ3n) is 14.7. The number of ether oxygens (including phenoxy) is 6. The van der Waals surface area contributed by atoms with Crippen LogP contribution in [0.3, 0.4) is 0 Å². The first-order valence-corrected chi connectivity index (χ1v) is 23.5. The molecule has 2 spiro atoms. The molecule has 5 aliphatic rings. The van der Waals surface area contributed by atoms with Gasteiger partial charge in [0.2, 0.25) is 11.4 Å². The van der Waals surface area contributed by atoms with E-state index in [1.807, 2.05) is 62.7 Å². The Hall–Kier alpha value is -5.88. The highest BCUT2D eigenvalue weighted by atomic mass is 16.6. The SMILES string of the molecule is CN1c2ccccc2C(C)(C)[C@]12C=Cc1cc([N+](=O)[O-])cc(CN3CCOCCOCCN(Cc4cc([N+](=O)[O-])cc5c4O[C@@]4(C=C5)N(C)c5ccccc5C4(C)C)CCOCCOCC3)c1O2. The van der Waals surface area contributed by atoms with Gasteiger partial charge in [-0.3, -0.25) is 30.0 Å². The third kappa shape index (κ3) is 8.40. The van der Waals surface area contributed by atoms with Crippen molar-refractivity contribution in [3.8, 4) is 11.5 Å². The van der Waals surface area contributed by atoms with Gasteiger partial charge in [-0.1, -0.05) is 36.4 Å². The van der Waals surface area contributed by atoms with E-state index in [9.17, 15) is 20.2 Å². The van der Waals surface area contributed by atoms with Crippen LogP contribution in [0.4, 0.5) is 22.7 Å². The van der Waals surface area contributed by atoms with E-state index in [-0.39, 0.29) is 21.2 Å². The Labute approximate surface area is 397 Å². The Kier molecular flexibility index (Phi) is 13.1. The molecule has 5 heterocycles. The second-order valence-corrected chi connectivity index (χ2v) is 19.2. The standard InChI is InChI=1S/C52H62N6O10/c1-49(2)43-11-7-9-13-45(43)53(5)51(49)17-15-37-31-41(57(59)60)33-39(47(37)67-51)35-55-19-23-63-27-29-65-25-21-56(22-26-66-30-28-64-24-20-55)36-40-34-42(58(61)62)32-38-16-18-52(68-48(38)40)50(3,4)44-12-8-10-14-46(44)54(52)6/h7-18,31-34H,19-30,35-36H2,1-6H3/t51-,52-/m1/s1. The quantitative estimate of drug-likeness (QED) is 0.136. The molecule has 0 aliphatic carbocycles. The Bertz CT molecular complexity index is 2420. The van der Waals surface area contributed by atoms with Crippen LogP contribution in [0.1, 0.15) is 61.1 Å². The summed E-state index contributed by atoms with van der Waals surface area (Å²) < 4.78 is 38.6. The van der Waals surface area contributed by atoms with Gasteiger partial charge in [0.25, 0.3) is 11.4 Å². The fourth-order valence-electron chi connectivity index (χ4n) is 10.8. The Balaban J connectivity index is 0.862. The van der Waals surface area contributed by atoms with E-state index < -0.39 is 22.3 Å². The first-order chi connectivity index (χ1) is 32.7. The molecule has 0 N–H and O–H groups in total. The van der Waals surface area contributed by atoms with Crippen molar-refractivity contribution < 1.29 is 38.3 Å². The van der Waals surface area contributed by atoms with Crippen molar-refractivity contribution in [1.82, 2.24) is 9.80 Å². The number of hydrogen-bond acceptors (Lipinski definition) is 14. The molecule has 5 aliphatic heterocycles. The van der Waals surface area contributed by atoms with Crippen LogP contribution in [0.2, 0.25) is 0 Å². The molecule has 1 saturated heterocycles. The first-order valence-electron chi connectivity index (χ1n) is 23.5. The lowest BCUT2D eigenvalue weighted by atomic mass is 9.76. The molecule has 0 bridgehead atoms. The van der Waals surface area contributed by atoms with Crippen LogP contribution in [0.15, 0.2) is 84.9 Å². The zero-order chi connectivity index (χ0) is 47.8. The van der Waals surface area contributed by atoms with E-state index >= 15 is 0 Å². The summed E-state index contributed by atoms with van der Waals surface area (Å²) in [6.07, 6.45) is 7.98. The summed E-state index contributed by atoms with van der Waals surface area (Å²) in [5, 5.41) is 24.4. The molecular formula is C52H62N6O10. The van der Waals surface area contributed by atoms with E-state index in [1.165, 1.54) is 11.1 Å². The molecule has 0 unspecified atom stereocenters. The number of benzene rings is 4. The fourth-order valence-corrected chi connectivity index (χ4v) is 10.8. The molecule has 4 aromatic carbocycles. The number of para-hydroxylation sites is 2. The second kappa shape index (κ2) is 18.9. The van der Waals surface area contributed by atoms with Crippen LogP contribution in [0, 0.1) is 20.2 Å². The zero-order valence-electron chi connectivity index (χ0n) is 39.9. The topological polar surface area (TPSA) is 155 Å². The van der Waals surface area contributed by atoms with Gasteiger partial charge >= 0.3 is 0 Å². The molecule has 16 nitrogen and oxygen atoms in total. The monoisotopic (exact) mass is 930 g/mol. The maximum absolute atomic E-state index is 12.2. The van der Waals surface area contributed by atoms with Crippen molar-refractivity contribution in [3.63, 3.8) is 0 Å². The summed E-state index contributed by atoms with van der Waals surface area (Å²) in [4.78, 5) is 32.4. The minimum atomic E-state index is -0.847. The molecule has 4 aromatic rings. The van der Waals surface area contributed by atoms with Gasteiger partial charge in [0.15, 0.2) is 0 Å². The maximum atomic E-state index is 12.2. The van der Waals surface area contributed by atoms with Gasteiger partial charge in [-0.05, 0) is 75.3 Å². The van der Waals surface area contributed by atoms with Gasteiger partial charge in [0, 0.05) is 111 Å². The van der Waals surface area contributed by atoms with E-state index in [0.29, 0.717) is 126 Å². The normalized spacial score (nSPS) is 24.0. The Morgan fingerprint density at radius 3 is 1.22 bits per heavy atom. The number of anilines is 2. The van der Waals surface area contributed by atoms with Crippen molar-refractivity contribution >= 4 is 34.9 Å². The summed E-state index contributed by atoms with van der Waals surface area (Å²) in [6.45, 7) is 14.6. The van der Waals surface area contributed by atoms with Crippen LogP contribution >= 0.6 is 0 Å². The average Bonchev–Trinajstić information content (AvgIpc) is 3.59. The van der Waals surface area contributed by atoms with Crippen LogP contribution in [0.25, 0.3) is 12.2 Å². The molecule has 2 atom stereocenters. The highest BCUT2D eigenvalue weighted by molar-refractivity contribution is 5.75. The fraction of sp³-hybridized carbons (Fsp3) is 0.462. The number of non-ortho nitro benzene ring substituents is 2. The molecule has 1 fully saturated rings. The number of fused-ring (bicyclic) bond motifs is 4. The second-order valence-electron chi connectivity index (χ2n) is 19.2. The van der Waals surface area contributed by atoms with Gasteiger partial charge in [0.05, 0.1) is 73.5 Å². The van der Waals surface area contributed by atoms with E-state index in [4.69, 9.17) is 28.4 Å². The van der Waals surface area contributed by atoms with Crippen molar-refractivity contribution in [2.75, 3.05) is 103 Å². The number of hydrogen-bond donors (Lipinski definition) is 0. The predicted molar refractivity (Wildman–Crippen MR) is 261 cm³/mol. The van der Waals surface area contributed by atoms with Gasteiger partial charge < -0.3 is 38.2 Å². The van der Waals surface area contributed by atoms with E-state index in [2.05, 4.69) is 71.6 Å². The molecule has 9 rings (SSSR count). The van der Waals surface area contributed by atoms with Crippen molar-refractivity contribution in [3.05, 3.63) is 139 Å². The van der Waals surface area contributed by atoms with Crippen LogP contribution in [0.5, 0.6) is 11.5 Å². The van der Waals surface area contributed by atoms with Crippen molar-refractivity contribution in [2.24, 2.45) is 0 Å². The number of rotatable bonds is 6. The zero-order valence-corrected chi connectivity index (χ0v) is 39.9. The minimum absolute atomic E-state index is 0.00244.